The van der Waals surface area contributed by atoms with E-state index >= 15 is 0 Å². The predicted molar refractivity (Wildman–Crippen MR) is 135 cm³/mol. The molecule has 9 nitrogen and oxygen atoms in total. The topological polar surface area (TPSA) is 134 Å². The third kappa shape index (κ3) is 33.6. The summed E-state index contributed by atoms with van der Waals surface area (Å²) in [5.74, 6) is -0.409. The van der Waals surface area contributed by atoms with E-state index in [4.69, 9.17) is 19.6 Å². The number of esters is 1. The Morgan fingerprint density at radius 3 is 1.62 bits per heavy atom. The minimum Gasteiger partial charge on any atom is -0.463 e. The van der Waals surface area contributed by atoms with Crippen molar-refractivity contribution in [2.45, 2.75) is 103 Å². The summed E-state index contributed by atoms with van der Waals surface area (Å²) in [5.41, 5.74) is 0. The van der Waals surface area contributed by atoms with Gasteiger partial charge in [0, 0.05) is 6.42 Å². The molecule has 0 aliphatic heterocycles. The quantitative estimate of drug-likeness (QED) is 0.0776. The van der Waals surface area contributed by atoms with Gasteiger partial charge in [-0.2, -0.15) is 0 Å². The Hall–Kier alpha value is -0.540. The van der Waals surface area contributed by atoms with Gasteiger partial charge in [-0.15, -0.1) is 0 Å². The Morgan fingerprint density at radius 1 is 0.824 bits per heavy atom. The lowest BCUT2D eigenvalue weighted by atomic mass is 10.0. The van der Waals surface area contributed by atoms with E-state index in [1.165, 1.54) is 64.2 Å². The van der Waals surface area contributed by atoms with Gasteiger partial charge in [-0.3, -0.25) is 9.32 Å². The molecule has 0 saturated heterocycles. The zero-order valence-electron chi connectivity index (χ0n) is 22.1. The summed E-state index contributed by atoms with van der Waals surface area (Å²) in [6.45, 7) is 2.46. The maximum absolute atomic E-state index is 11.5. The van der Waals surface area contributed by atoms with Crippen LogP contribution in [0, 0.1) is 0 Å². The first-order valence-corrected chi connectivity index (χ1v) is 14.4. The van der Waals surface area contributed by atoms with E-state index in [0.717, 1.165) is 30.3 Å². The van der Waals surface area contributed by atoms with Crippen molar-refractivity contribution < 1.29 is 43.1 Å². The third-order valence-corrected chi connectivity index (χ3v) is 5.61. The van der Waals surface area contributed by atoms with Crippen molar-refractivity contribution in [1.82, 2.24) is 0 Å². The molecule has 0 fully saturated rings. The maximum Gasteiger partial charge on any atom is 0.469 e. The van der Waals surface area contributed by atoms with Gasteiger partial charge in [0.15, 0.2) is 0 Å². The van der Waals surface area contributed by atoms with Gasteiger partial charge >= 0.3 is 13.8 Å². The lowest BCUT2D eigenvalue weighted by Crippen LogP contribution is -2.36. The minimum absolute atomic E-state index is 0.281. The van der Waals surface area contributed by atoms with Crippen LogP contribution in [0.5, 0.6) is 0 Å². The van der Waals surface area contributed by atoms with Gasteiger partial charge in [-0.25, -0.2) is 4.57 Å². The number of carbonyl (C=O) groups excluding carboxylic acids is 1. The molecule has 10 heteroatoms. The fourth-order valence-corrected chi connectivity index (χ4v) is 3.45. The molecule has 0 bridgehead atoms. The van der Waals surface area contributed by atoms with Crippen molar-refractivity contribution in [3.05, 3.63) is 0 Å². The lowest BCUT2D eigenvalue weighted by Gasteiger charge is -2.21. The molecule has 0 aromatic carbocycles. The standard InChI is InChI=1S/C19H39O7P.C5H14NO/c1-2-3-4-5-6-7-8-9-10-11-12-13-14-15-19(21)25-16-18(20)17-26-27(22,23)24;1-6(2,3)4-5-7/h18,20H,2-17H2,1H3,(H2,22,23,24);7H,4-5H2,1-3H3/q;+1/t18-;/m1./s1. The predicted octanol–water partition coefficient (Wildman–Crippen LogP) is 4.17. The first-order valence-electron chi connectivity index (χ1n) is 12.9. The zero-order valence-corrected chi connectivity index (χ0v) is 23.0. The SMILES string of the molecule is CCCCCCCCCCCCCCCC(=O)OC[C@@H](O)COP(=O)(O)O.C[N+](C)(C)CCO. The highest BCUT2D eigenvalue weighted by atomic mass is 31.2. The van der Waals surface area contributed by atoms with Crippen molar-refractivity contribution in [2.24, 2.45) is 0 Å². The van der Waals surface area contributed by atoms with Crippen LogP contribution in [-0.2, 0) is 18.6 Å². The van der Waals surface area contributed by atoms with Gasteiger partial charge in [0.25, 0.3) is 0 Å². The van der Waals surface area contributed by atoms with E-state index in [9.17, 15) is 14.5 Å². The number of nitrogens with zero attached hydrogens (tertiary/aromatic N) is 1. The van der Waals surface area contributed by atoms with Gasteiger partial charge in [-0.05, 0) is 6.42 Å². The molecule has 0 amide bonds. The third-order valence-electron chi connectivity index (χ3n) is 5.13. The largest absolute Gasteiger partial charge is 0.469 e. The van der Waals surface area contributed by atoms with Crippen LogP contribution < -0.4 is 0 Å². The Labute approximate surface area is 207 Å². The Kier molecular flexibility index (Phi) is 24.0. The molecule has 0 unspecified atom stereocenters. The summed E-state index contributed by atoms with van der Waals surface area (Å²) in [5, 5.41) is 17.8. The van der Waals surface area contributed by atoms with Gasteiger partial charge < -0.3 is 29.2 Å². The molecule has 0 rings (SSSR count). The fraction of sp³-hybridized carbons (Fsp3) is 0.958. The molecule has 206 valence electrons. The number of hydrogen-bond acceptors (Lipinski definition) is 6. The molecular weight excluding hydrogens is 461 g/mol. The molecule has 0 aromatic heterocycles. The normalized spacial score (nSPS) is 12.7. The number of phosphoric ester groups is 1. The molecule has 4 N–H and O–H groups in total. The van der Waals surface area contributed by atoms with Crippen molar-refractivity contribution in [1.29, 1.82) is 0 Å². The number of hydrogen-bond donors (Lipinski definition) is 4. The van der Waals surface area contributed by atoms with E-state index in [1.807, 2.05) is 0 Å². The fourth-order valence-electron chi connectivity index (χ4n) is 3.08. The summed E-state index contributed by atoms with van der Waals surface area (Å²) in [4.78, 5) is 28.5. The van der Waals surface area contributed by atoms with Crippen LogP contribution in [0.25, 0.3) is 0 Å². The maximum atomic E-state index is 11.5. The Morgan fingerprint density at radius 2 is 1.26 bits per heavy atom. The van der Waals surface area contributed by atoms with Crippen LogP contribution in [-0.4, -0.2) is 84.1 Å². The van der Waals surface area contributed by atoms with Crippen molar-refractivity contribution in [3.63, 3.8) is 0 Å². The summed E-state index contributed by atoms with van der Waals surface area (Å²) in [6, 6.07) is 0. The number of quaternary nitrogens is 1. The molecule has 0 aliphatic rings. The Balaban J connectivity index is 0. The average molecular weight is 515 g/mol. The van der Waals surface area contributed by atoms with Crippen LogP contribution in [0.15, 0.2) is 0 Å². The van der Waals surface area contributed by atoms with Gasteiger partial charge in [0.05, 0.1) is 34.4 Å². The summed E-state index contributed by atoms with van der Waals surface area (Å²) < 4.78 is 20.3. The molecule has 0 heterocycles. The lowest BCUT2D eigenvalue weighted by molar-refractivity contribution is -0.870. The second-order valence-electron chi connectivity index (χ2n) is 9.85. The van der Waals surface area contributed by atoms with Gasteiger partial charge in [-0.1, -0.05) is 84.0 Å². The van der Waals surface area contributed by atoms with Crippen LogP contribution in [0.1, 0.15) is 96.8 Å². The number of aliphatic hydroxyl groups is 2. The zero-order chi connectivity index (χ0) is 26.3. The van der Waals surface area contributed by atoms with E-state index in [2.05, 4.69) is 32.6 Å². The second kappa shape index (κ2) is 22.9. The number of unbranched alkanes of at least 4 members (excludes halogenated alkanes) is 12. The van der Waals surface area contributed by atoms with E-state index in [-0.39, 0.29) is 13.2 Å². The van der Waals surface area contributed by atoms with Gasteiger partial charge in [0.1, 0.15) is 19.3 Å². The van der Waals surface area contributed by atoms with Crippen LogP contribution in [0.3, 0.4) is 0 Å². The van der Waals surface area contributed by atoms with E-state index in [1.54, 1.807) is 0 Å². The molecule has 1 atom stereocenters. The summed E-state index contributed by atoms with van der Waals surface area (Å²) in [7, 11) is 1.54. The monoisotopic (exact) mass is 514 g/mol. The molecule has 34 heavy (non-hydrogen) atoms. The molecule has 0 spiro atoms. The second-order valence-corrected chi connectivity index (χ2v) is 11.1. The molecular formula is C24H53NO8P+. The first kappa shape index (κ1) is 35.6. The van der Waals surface area contributed by atoms with Crippen LogP contribution in [0.4, 0.5) is 0 Å². The number of carbonyl (C=O) groups is 1. The van der Waals surface area contributed by atoms with Gasteiger partial charge in [0.2, 0.25) is 0 Å². The summed E-state index contributed by atoms with van der Waals surface area (Å²) >= 11 is 0. The van der Waals surface area contributed by atoms with Crippen molar-refractivity contribution in [2.75, 3.05) is 47.5 Å². The highest BCUT2D eigenvalue weighted by Gasteiger charge is 2.17. The van der Waals surface area contributed by atoms with Crippen LogP contribution >= 0.6 is 7.82 Å². The highest BCUT2D eigenvalue weighted by Crippen LogP contribution is 2.35. The number of likely N-dealkylation sites (N-methyl/N-ethyl adjacent to an activating group) is 1. The molecule has 0 saturated carbocycles. The number of rotatable bonds is 21. The Bertz CT molecular complexity index is 508. The van der Waals surface area contributed by atoms with E-state index < -0.39 is 26.5 Å². The summed E-state index contributed by atoms with van der Waals surface area (Å²) in [6.07, 6.45) is 15.1. The molecule has 0 radical (unpaired) electrons. The van der Waals surface area contributed by atoms with E-state index in [0.29, 0.717) is 6.42 Å². The number of ether oxygens (including phenoxy) is 1. The first-order chi connectivity index (χ1) is 15.9. The highest BCUT2D eigenvalue weighted by molar-refractivity contribution is 7.46. The smallest absolute Gasteiger partial charge is 0.463 e. The van der Waals surface area contributed by atoms with Crippen molar-refractivity contribution in [3.8, 4) is 0 Å². The number of aliphatic hydroxyl groups excluding tert-OH is 2. The number of phosphoric acid groups is 1. The average Bonchev–Trinajstić information content (AvgIpc) is 2.73. The van der Waals surface area contributed by atoms with Crippen LogP contribution in [0.2, 0.25) is 0 Å². The molecule has 0 aliphatic carbocycles. The van der Waals surface area contributed by atoms with Crippen molar-refractivity contribution >= 4 is 13.8 Å². The minimum atomic E-state index is -4.61. The molecule has 0 aromatic rings.